The minimum absolute atomic E-state index is 0.0201. The summed E-state index contributed by atoms with van der Waals surface area (Å²) in [7, 11) is 0. The van der Waals surface area contributed by atoms with Crippen molar-refractivity contribution < 1.29 is 4.74 Å². The molecule has 1 aromatic carbocycles. The van der Waals surface area contributed by atoms with Gasteiger partial charge < -0.3 is 10.5 Å². The number of rotatable bonds is 6. The van der Waals surface area contributed by atoms with Gasteiger partial charge in [0.15, 0.2) is 0 Å². The summed E-state index contributed by atoms with van der Waals surface area (Å²) in [5, 5.41) is 0.615. The molecule has 0 amide bonds. The molecular weight excluding hydrogens is 272 g/mol. The zero-order valence-electron chi connectivity index (χ0n) is 11.6. The second-order valence-corrected chi connectivity index (χ2v) is 5.19. The molecule has 3 nitrogen and oxygen atoms in total. The average molecular weight is 291 g/mol. The predicted molar refractivity (Wildman–Crippen MR) is 82.1 cm³/mol. The minimum Gasteiger partial charge on any atom is -0.492 e. The van der Waals surface area contributed by atoms with Crippen LogP contribution in [0.5, 0.6) is 5.75 Å². The predicted octanol–water partition coefficient (Wildman–Crippen LogP) is 3.77. The van der Waals surface area contributed by atoms with Gasteiger partial charge >= 0.3 is 0 Å². The second kappa shape index (κ2) is 7.27. The van der Waals surface area contributed by atoms with Gasteiger partial charge in [0.1, 0.15) is 5.75 Å². The van der Waals surface area contributed by atoms with E-state index in [1.54, 1.807) is 12.4 Å². The van der Waals surface area contributed by atoms with Crippen LogP contribution in [-0.2, 0) is 6.42 Å². The highest BCUT2D eigenvalue weighted by Crippen LogP contribution is 2.27. The van der Waals surface area contributed by atoms with Crippen LogP contribution in [-0.4, -0.2) is 11.6 Å². The lowest BCUT2D eigenvalue weighted by Gasteiger charge is -2.11. The number of aryl methyl sites for hydroxylation is 1. The molecule has 2 aromatic rings. The van der Waals surface area contributed by atoms with Crippen molar-refractivity contribution in [3.05, 3.63) is 58.9 Å². The summed E-state index contributed by atoms with van der Waals surface area (Å²) in [6, 6.07) is 9.72. The van der Waals surface area contributed by atoms with Gasteiger partial charge in [-0.1, -0.05) is 17.7 Å². The van der Waals surface area contributed by atoms with Crippen LogP contribution in [0.1, 0.15) is 30.5 Å². The molecule has 0 saturated carbocycles. The molecule has 0 aliphatic rings. The van der Waals surface area contributed by atoms with E-state index in [0.29, 0.717) is 17.4 Å². The number of pyridine rings is 1. The third kappa shape index (κ3) is 4.22. The van der Waals surface area contributed by atoms with E-state index in [1.165, 1.54) is 5.56 Å². The molecule has 0 fully saturated rings. The van der Waals surface area contributed by atoms with E-state index in [4.69, 9.17) is 22.1 Å². The van der Waals surface area contributed by atoms with Gasteiger partial charge in [0.25, 0.3) is 0 Å². The molecule has 2 rings (SSSR count). The van der Waals surface area contributed by atoms with Crippen LogP contribution in [0.4, 0.5) is 0 Å². The number of hydrogen-bond donors (Lipinski definition) is 1. The molecule has 20 heavy (non-hydrogen) atoms. The topological polar surface area (TPSA) is 48.1 Å². The Bertz CT molecular complexity index is 543. The van der Waals surface area contributed by atoms with Crippen LogP contribution in [0.3, 0.4) is 0 Å². The van der Waals surface area contributed by atoms with E-state index in [-0.39, 0.29) is 6.04 Å². The summed E-state index contributed by atoms with van der Waals surface area (Å²) in [6.07, 6.45) is 5.52. The molecule has 0 bridgehead atoms. The van der Waals surface area contributed by atoms with Gasteiger partial charge in [0, 0.05) is 18.4 Å². The maximum Gasteiger partial charge on any atom is 0.137 e. The third-order valence-electron chi connectivity index (χ3n) is 3.10. The lowest BCUT2D eigenvalue weighted by Crippen LogP contribution is -2.05. The summed E-state index contributed by atoms with van der Waals surface area (Å²) >= 11 is 6.18. The number of nitrogens with zero attached hydrogens (tertiary/aromatic N) is 1. The lowest BCUT2D eigenvalue weighted by molar-refractivity contribution is 0.311. The van der Waals surface area contributed by atoms with Crippen molar-refractivity contribution in [1.29, 1.82) is 0 Å². The number of ether oxygens (including phenoxy) is 1. The molecule has 0 unspecified atom stereocenters. The van der Waals surface area contributed by atoms with Crippen molar-refractivity contribution in [3.8, 4) is 5.75 Å². The standard InChI is InChI=1S/C16H19ClN2O/c1-12(18)14-4-5-16(15(17)11-14)20-10-2-3-13-6-8-19-9-7-13/h4-9,11-12H,2-3,10,18H2,1H3/t12-/m1/s1. The zero-order valence-corrected chi connectivity index (χ0v) is 12.3. The Labute approximate surface area is 124 Å². The Morgan fingerprint density at radius 3 is 2.65 bits per heavy atom. The highest BCUT2D eigenvalue weighted by molar-refractivity contribution is 6.32. The Balaban J connectivity index is 1.82. The summed E-state index contributed by atoms with van der Waals surface area (Å²) in [5.41, 5.74) is 8.09. The Hall–Kier alpha value is -1.58. The van der Waals surface area contributed by atoms with Crippen molar-refractivity contribution in [2.24, 2.45) is 5.73 Å². The molecular formula is C16H19ClN2O. The highest BCUT2D eigenvalue weighted by Gasteiger charge is 2.05. The molecule has 0 saturated heterocycles. The second-order valence-electron chi connectivity index (χ2n) is 4.79. The van der Waals surface area contributed by atoms with Gasteiger partial charge in [-0.25, -0.2) is 0 Å². The van der Waals surface area contributed by atoms with Gasteiger partial charge in [0.2, 0.25) is 0 Å². The normalized spacial score (nSPS) is 12.2. The maximum absolute atomic E-state index is 6.18. The van der Waals surface area contributed by atoms with Crippen molar-refractivity contribution in [2.45, 2.75) is 25.8 Å². The third-order valence-corrected chi connectivity index (χ3v) is 3.39. The van der Waals surface area contributed by atoms with Crippen LogP contribution in [0.15, 0.2) is 42.7 Å². The Morgan fingerprint density at radius 2 is 2.00 bits per heavy atom. The SMILES string of the molecule is C[C@@H](N)c1ccc(OCCCc2ccncc2)c(Cl)c1. The number of hydrogen-bond acceptors (Lipinski definition) is 3. The van der Waals surface area contributed by atoms with E-state index >= 15 is 0 Å². The Morgan fingerprint density at radius 1 is 1.25 bits per heavy atom. The van der Waals surface area contributed by atoms with Crippen LogP contribution >= 0.6 is 11.6 Å². The van der Waals surface area contributed by atoms with Crippen LogP contribution in [0, 0.1) is 0 Å². The number of aromatic nitrogens is 1. The first-order valence-electron chi connectivity index (χ1n) is 6.73. The molecule has 1 aromatic heterocycles. The number of halogens is 1. The monoisotopic (exact) mass is 290 g/mol. The molecule has 0 aliphatic carbocycles. The van der Waals surface area contributed by atoms with E-state index < -0.39 is 0 Å². The van der Waals surface area contributed by atoms with Crippen molar-refractivity contribution in [2.75, 3.05) is 6.61 Å². The first-order valence-corrected chi connectivity index (χ1v) is 7.11. The first kappa shape index (κ1) is 14.8. The summed E-state index contributed by atoms with van der Waals surface area (Å²) in [6.45, 7) is 2.57. The van der Waals surface area contributed by atoms with Crippen molar-refractivity contribution in [1.82, 2.24) is 4.98 Å². The smallest absolute Gasteiger partial charge is 0.137 e. The number of benzene rings is 1. The molecule has 2 N–H and O–H groups in total. The molecule has 0 spiro atoms. The van der Waals surface area contributed by atoms with Crippen LogP contribution < -0.4 is 10.5 Å². The fraction of sp³-hybridized carbons (Fsp3) is 0.312. The molecule has 0 radical (unpaired) electrons. The zero-order chi connectivity index (χ0) is 14.4. The number of nitrogens with two attached hydrogens (primary N) is 1. The largest absolute Gasteiger partial charge is 0.492 e. The van der Waals surface area contributed by atoms with Gasteiger partial charge in [-0.15, -0.1) is 0 Å². The molecule has 0 aliphatic heterocycles. The Kier molecular flexibility index (Phi) is 5.39. The maximum atomic E-state index is 6.18. The van der Waals surface area contributed by atoms with Crippen LogP contribution in [0.25, 0.3) is 0 Å². The fourth-order valence-corrected chi connectivity index (χ4v) is 2.17. The highest BCUT2D eigenvalue weighted by atomic mass is 35.5. The molecule has 1 atom stereocenters. The minimum atomic E-state index is -0.0201. The fourth-order valence-electron chi connectivity index (χ4n) is 1.93. The van der Waals surface area contributed by atoms with Gasteiger partial charge in [-0.2, -0.15) is 0 Å². The van der Waals surface area contributed by atoms with E-state index in [2.05, 4.69) is 4.98 Å². The van der Waals surface area contributed by atoms with Gasteiger partial charge in [0.05, 0.1) is 11.6 Å². The molecule has 106 valence electrons. The van der Waals surface area contributed by atoms with E-state index in [0.717, 1.165) is 18.4 Å². The van der Waals surface area contributed by atoms with E-state index in [1.807, 2.05) is 37.3 Å². The van der Waals surface area contributed by atoms with Gasteiger partial charge in [-0.05, 0) is 55.2 Å². The summed E-state index contributed by atoms with van der Waals surface area (Å²) in [5.74, 6) is 0.714. The lowest BCUT2D eigenvalue weighted by atomic mass is 10.1. The van der Waals surface area contributed by atoms with E-state index in [9.17, 15) is 0 Å². The van der Waals surface area contributed by atoms with Crippen LogP contribution in [0.2, 0.25) is 5.02 Å². The quantitative estimate of drug-likeness (QED) is 0.824. The summed E-state index contributed by atoms with van der Waals surface area (Å²) in [4.78, 5) is 4.00. The molecule has 4 heteroatoms. The first-order chi connectivity index (χ1) is 9.66. The van der Waals surface area contributed by atoms with Crippen molar-refractivity contribution in [3.63, 3.8) is 0 Å². The average Bonchev–Trinajstić information content (AvgIpc) is 2.46. The van der Waals surface area contributed by atoms with Gasteiger partial charge in [-0.3, -0.25) is 4.98 Å². The van der Waals surface area contributed by atoms with Crippen molar-refractivity contribution >= 4 is 11.6 Å². The summed E-state index contributed by atoms with van der Waals surface area (Å²) < 4.78 is 5.70. The molecule has 1 heterocycles.